The van der Waals surface area contributed by atoms with E-state index in [1.165, 1.54) is 29.9 Å². The van der Waals surface area contributed by atoms with Crippen LogP contribution >= 0.6 is 11.8 Å². The predicted octanol–water partition coefficient (Wildman–Crippen LogP) is -0.746. The van der Waals surface area contributed by atoms with Crippen molar-refractivity contribution in [3.05, 3.63) is 30.1 Å². The fourth-order valence-corrected chi connectivity index (χ4v) is 1.86. The third-order valence-electron chi connectivity index (χ3n) is 1.80. The van der Waals surface area contributed by atoms with Crippen LogP contribution in [0.2, 0.25) is 0 Å². The Balaban J connectivity index is 0.000000411. The lowest BCUT2D eigenvalue weighted by Crippen LogP contribution is -2.42. The van der Waals surface area contributed by atoms with Gasteiger partial charge in [-0.2, -0.15) is 11.8 Å². The van der Waals surface area contributed by atoms with Gasteiger partial charge in [-0.25, -0.2) is 0 Å². The zero-order valence-corrected chi connectivity index (χ0v) is 10.9. The van der Waals surface area contributed by atoms with Crippen molar-refractivity contribution in [3.8, 4) is 0 Å². The van der Waals surface area contributed by atoms with Crippen molar-refractivity contribution in [2.24, 2.45) is 0 Å². The second-order valence-electron chi connectivity index (χ2n) is 3.29. The molecule has 0 aliphatic carbocycles. The van der Waals surface area contributed by atoms with Gasteiger partial charge in [-0.1, -0.05) is 6.92 Å². The van der Waals surface area contributed by atoms with Crippen LogP contribution in [0, 0.1) is 0 Å². The van der Waals surface area contributed by atoms with Gasteiger partial charge in [0.1, 0.15) is 0 Å². The summed E-state index contributed by atoms with van der Waals surface area (Å²) in [7, 11) is 0. The number of aliphatic carboxylic acids is 2. The molecule has 5 nitrogen and oxygen atoms in total. The van der Waals surface area contributed by atoms with Gasteiger partial charge >= 0.3 is 0 Å². The third-order valence-corrected chi connectivity index (χ3v) is 2.99. The molecular weight excluding hydrogens is 254 g/mol. The minimum atomic E-state index is -2.19. The zero-order valence-electron chi connectivity index (χ0n) is 10.1. The molecule has 0 radical (unpaired) electrons. The van der Waals surface area contributed by atoms with E-state index in [-0.39, 0.29) is 0 Å². The van der Waals surface area contributed by atoms with Gasteiger partial charge < -0.3 is 19.8 Å². The number of rotatable bonds is 5. The zero-order chi connectivity index (χ0) is 13.8. The highest BCUT2D eigenvalue weighted by molar-refractivity contribution is 7.99. The number of nitrogens with zero attached hydrogens (tertiary/aromatic N) is 1. The lowest BCUT2D eigenvalue weighted by atomic mass is 10.2. The Morgan fingerprint density at radius 2 is 1.72 bits per heavy atom. The molecule has 0 saturated heterocycles. The van der Waals surface area contributed by atoms with Gasteiger partial charge in [0.25, 0.3) is 0 Å². The maximum atomic E-state index is 8.93. The smallest absolute Gasteiger partial charge is 0.0870 e. The molecule has 0 unspecified atom stereocenters. The van der Waals surface area contributed by atoms with E-state index in [2.05, 4.69) is 24.0 Å². The Hall–Kier alpha value is -1.56. The van der Waals surface area contributed by atoms with Crippen molar-refractivity contribution in [1.82, 2.24) is 4.98 Å². The molecule has 100 valence electrons. The molecule has 1 heterocycles. The van der Waals surface area contributed by atoms with Crippen LogP contribution in [0.3, 0.4) is 0 Å². The highest BCUT2D eigenvalue weighted by Crippen LogP contribution is 2.06. The first-order valence-corrected chi connectivity index (χ1v) is 6.62. The second-order valence-corrected chi connectivity index (χ2v) is 4.52. The summed E-state index contributed by atoms with van der Waals surface area (Å²) in [5.41, 5.74) is 1.40. The van der Waals surface area contributed by atoms with Crippen LogP contribution in [0.25, 0.3) is 0 Å². The molecule has 0 N–H and O–H groups in total. The minimum Gasteiger partial charge on any atom is -0.543 e. The van der Waals surface area contributed by atoms with Gasteiger partial charge in [0.05, 0.1) is 11.9 Å². The highest BCUT2D eigenvalue weighted by atomic mass is 32.2. The Labute approximate surface area is 110 Å². The summed E-state index contributed by atoms with van der Waals surface area (Å²) >= 11 is 2.03. The monoisotopic (exact) mass is 269 g/mol. The summed E-state index contributed by atoms with van der Waals surface area (Å²) in [6, 6.07) is 4.18. The van der Waals surface area contributed by atoms with E-state index in [0.717, 1.165) is 0 Å². The number of carboxylic acids is 2. The van der Waals surface area contributed by atoms with Gasteiger partial charge in [-0.3, -0.25) is 4.98 Å². The minimum absolute atomic E-state index is 1.17. The molecule has 18 heavy (non-hydrogen) atoms. The van der Waals surface area contributed by atoms with Crippen molar-refractivity contribution in [2.75, 3.05) is 11.5 Å². The fraction of sp³-hybridized carbons (Fsp3) is 0.417. The van der Waals surface area contributed by atoms with E-state index < -0.39 is 11.9 Å². The number of hydrogen-bond donors (Lipinski definition) is 0. The highest BCUT2D eigenvalue weighted by Gasteiger charge is 1.91. The van der Waals surface area contributed by atoms with E-state index in [0.29, 0.717) is 0 Å². The van der Waals surface area contributed by atoms with Crippen LogP contribution in [0.1, 0.15) is 18.9 Å². The van der Waals surface area contributed by atoms with Crippen molar-refractivity contribution in [3.63, 3.8) is 0 Å². The maximum Gasteiger partial charge on any atom is 0.0870 e. The number of carboxylic acid groups (broad SMARTS) is 2. The molecule has 6 heteroatoms. The largest absolute Gasteiger partial charge is 0.543 e. The van der Waals surface area contributed by atoms with Crippen molar-refractivity contribution < 1.29 is 19.8 Å². The number of thioether (sulfide) groups is 1. The molecule has 0 spiro atoms. The summed E-state index contributed by atoms with van der Waals surface area (Å²) in [5, 5.41) is 17.9. The van der Waals surface area contributed by atoms with Gasteiger partial charge in [-0.05, 0) is 42.0 Å². The Kier molecular flexibility index (Phi) is 9.67. The quantitative estimate of drug-likeness (QED) is 0.516. The summed E-state index contributed by atoms with van der Waals surface area (Å²) in [5.74, 6) is -1.85. The van der Waals surface area contributed by atoms with Gasteiger partial charge in [0.15, 0.2) is 0 Å². The molecule has 0 aliphatic heterocycles. The fourth-order valence-electron chi connectivity index (χ4n) is 0.986. The molecule has 1 aromatic rings. The number of aromatic nitrogens is 1. The van der Waals surface area contributed by atoms with E-state index in [4.69, 9.17) is 19.8 Å². The number of aryl methyl sites for hydroxylation is 1. The van der Waals surface area contributed by atoms with Crippen LogP contribution in [0.4, 0.5) is 0 Å². The van der Waals surface area contributed by atoms with Crippen LogP contribution in [-0.2, 0) is 16.0 Å². The molecule has 1 rings (SSSR count). The molecular formula is C12H15NO4S-2. The molecule has 1 aromatic heterocycles. The first-order valence-electron chi connectivity index (χ1n) is 5.46. The van der Waals surface area contributed by atoms with Crippen LogP contribution in [-0.4, -0.2) is 28.4 Å². The van der Waals surface area contributed by atoms with Crippen molar-refractivity contribution in [2.45, 2.75) is 19.8 Å². The Morgan fingerprint density at radius 1 is 1.17 bits per heavy atom. The Bertz CT molecular complexity index is 344. The van der Waals surface area contributed by atoms with Crippen LogP contribution in [0.5, 0.6) is 0 Å². The normalized spacial score (nSPS) is 9.17. The van der Waals surface area contributed by atoms with Crippen molar-refractivity contribution in [1.29, 1.82) is 0 Å². The molecule has 0 bridgehead atoms. The first-order chi connectivity index (χ1) is 8.57. The SMILES string of the molecule is CCCSCCc1ccncc1.O=C([O-])C(=O)[O-]. The van der Waals surface area contributed by atoms with Crippen LogP contribution in [0.15, 0.2) is 24.5 Å². The summed E-state index contributed by atoms with van der Waals surface area (Å²) < 4.78 is 0. The van der Waals surface area contributed by atoms with Crippen molar-refractivity contribution >= 4 is 23.7 Å². The summed E-state index contributed by atoms with van der Waals surface area (Å²) in [6.07, 6.45) is 6.17. The van der Waals surface area contributed by atoms with Crippen LogP contribution < -0.4 is 10.2 Å². The average molecular weight is 269 g/mol. The van der Waals surface area contributed by atoms with Gasteiger partial charge in [0, 0.05) is 12.4 Å². The second kappa shape index (κ2) is 10.6. The number of carbonyl (C=O) groups excluding carboxylic acids is 2. The average Bonchev–Trinajstić information content (AvgIpc) is 2.36. The molecule has 0 aromatic carbocycles. The van der Waals surface area contributed by atoms with E-state index >= 15 is 0 Å². The lowest BCUT2D eigenvalue weighted by Gasteiger charge is -1.99. The summed E-state index contributed by atoms with van der Waals surface area (Å²) in [4.78, 5) is 21.8. The van der Waals surface area contributed by atoms with Gasteiger partial charge in [-0.15, -0.1) is 0 Å². The standard InChI is InChI=1S/C10H15NS.C2H2O4/c1-2-8-12-9-5-10-3-6-11-7-4-10;3-1(4)2(5)6/h3-4,6-7H,2,5,8-9H2,1H3;(H,3,4)(H,5,6)/p-2. The van der Waals surface area contributed by atoms with E-state index in [9.17, 15) is 0 Å². The molecule has 0 fully saturated rings. The Morgan fingerprint density at radius 3 is 2.17 bits per heavy atom. The van der Waals surface area contributed by atoms with E-state index in [1.807, 2.05) is 24.2 Å². The molecule has 0 aliphatic rings. The third kappa shape index (κ3) is 9.65. The first kappa shape index (κ1) is 16.4. The molecule has 0 atom stereocenters. The number of pyridine rings is 1. The number of carbonyl (C=O) groups is 2. The topological polar surface area (TPSA) is 93.2 Å². The molecule has 0 amide bonds. The van der Waals surface area contributed by atoms with Gasteiger partial charge in [0.2, 0.25) is 0 Å². The lowest BCUT2D eigenvalue weighted by molar-refractivity contribution is -0.345. The maximum absolute atomic E-state index is 8.93. The van der Waals surface area contributed by atoms with E-state index in [1.54, 1.807) is 0 Å². The molecule has 0 saturated carbocycles. The number of hydrogen-bond acceptors (Lipinski definition) is 6. The summed E-state index contributed by atoms with van der Waals surface area (Å²) in [6.45, 7) is 2.22. The predicted molar refractivity (Wildman–Crippen MR) is 65.6 cm³/mol.